The summed E-state index contributed by atoms with van der Waals surface area (Å²) < 4.78 is 7.09. The molecular formula is C57H35N5S. The van der Waals surface area contributed by atoms with Crippen LogP contribution >= 0.6 is 11.3 Å². The number of para-hydroxylation sites is 2. The Bertz CT molecular complexity index is 3860. The molecule has 0 unspecified atom stereocenters. The molecule has 5 nitrogen and oxygen atoms in total. The molecule has 0 amide bonds. The molecule has 13 aromatic rings. The number of thiophene rings is 1. The standard InChI is InChI=1S/C57H35N5S/c1-3-13-36(14-4-1)48-35-49(37-15-5-2-6-16-37)60-57(59-48)62-51-22-10-8-20-44(51)46-33-40(25-28-53(46)62)39-24-27-52-45(32-39)43-19-7-9-21-50(43)61(52)42-18-11-17-38(31-42)41-26-29-54-47(34-41)56-55(63-54)23-12-30-58-56/h1-35H. The van der Waals surface area contributed by atoms with Crippen molar-refractivity contribution in [2.24, 2.45) is 0 Å². The van der Waals surface area contributed by atoms with E-state index in [-0.39, 0.29) is 0 Å². The van der Waals surface area contributed by atoms with Crippen molar-refractivity contribution < 1.29 is 0 Å². The van der Waals surface area contributed by atoms with Gasteiger partial charge in [0.05, 0.1) is 43.7 Å². The summed E-state index contributed by atoms with van der Waals surface area (Å²) in [6.07, 6.45) is 1.89. The van der Waals surface area contributed by atoms with E-state index in [1.54, 1.807) is 11.3 Å². The maximum atomic E-state index is 5.23. The Hall–Kier alpha value is -8.19. The SMILES string of the molecule is c1ccc(-c2cc(-c3ccccc3)nc(-n3c4ccccc4c4cc(-c5ccc6c(c5)c5ccccc5n6-c5cccc(-c6ccc7sc8cccnc8c7c6)c5)ccc43)n2)cc1. The number of rotatable bonds is 6. The van der Waals surface area contributed by atoms with Gasteiger partial charge >= 0.3 is 0 Å². The van der Waals surface area contributed by atoms with Crippen molar-refractivity contribution >= 4 is 75.3 Å². The first-order valence-electron chi connectivity index (χ1n) is 21.2. The van der Waals surface area contributed by atoms with Crippen LogP contribution in [0.2, 0.25) is 0 Å². The minimum absolute atomic E-state index is 0.643. The molecule has 0 saturated heterocycles. The summed E-state index contributed by atoms with van der Waals surface area (Å²) in [7, 11) is 0. The third-order valence-corrected chi connectivity index (χ3v) is 13.5. The van der Waals surface area contributed by atoms with Crippen LogP contribution in [-0.4, -0.2) is 24.1 Å². The van der Waals surface area contributed by atoms with Gasteiger partial charge in [-0.25, -0.2) is 9.97 Å². The lowest BCUT2D eigenvalue weighted by atomic mass is 10.0. The van der Waals surface area contributed by atoms with E-state index in [1.807, 2.05) is 24.4 Å². The topological polar surface area (TPSA) is 48.5 Å². The van der Waals surface area contributed by atoms with E-state index >= 15 is 0 Å². The van der Waals surface area contributed by atoms with Gasteiger partial charge in [-0.15, -0.1) is 11.3 Å². The molecule has 294 valence electrons. The number of aromatic nitrogens is 5. The second-order valence-corrected chi connectivity index (χ2v) is 17.1. The van der Waals surface area contributed by atoms with Gasteiger partial charge in [-0.3, -0.25) is 9.55 Å². The van der Waals surface area contributed by atoms with E-state index in [0.29, 0.717) is 5.95 Å². The zero-order chi connectivity index (χ0) is 41.4. The number of hydrogen-bond acceptors (Lipinski definition) is 4. The first-order valence-corrected chi connectivity index (χ1v) is 22.0. The van der Waals surface area contributed by atoms with Crippen LogP contribution in [0.3, 0.4) is 0 Å². The van der Waals surface area contributed by atoms with Crippen molar-refractivity contribution in [1.82, 2.24) is 24.1 Å². The van der Waals surface area contributed by atoms with E-state index in [4.69, 9.17) is 15.0 Å². The molecule has 13 rings (SSSR count). The zero-order valence-corrected chi connectivity index (χ0v) is 34.7. The maximum absolute atomic E-state index is 5.23. The second kappa shape index (κ2) is 14.2. The Balaban J connectivity index is 0.938. The van der Waals surface area contributed by atoms with Crippen molar-refractivity contribution in [2.45, 2.75) is 0 Å². The lowest BCUT2D eigenvalue weighted by Crippen LogP contribution is -2.03. The van der Waals surface area contributed by atoms with Crippen LogP contribution in [0.15, 0.2) is 212 Å². The first-order chi connectivity index (χ1) is 31.2. The molecule has 0 saturated carbocycles. The highest BCUT2D eigenvalue weighted by molar-refractivity contribution is 7.25. The highest BCUT2D eigenvalue weighted by Crippen LogP contribution is 2.40. The number of pyridine rings is 1. The summed E-state index contributed by atoms with van der Waals surface area (Å²) in [4.78, 5) is 15.2. The summed E-state index contributed by atoms with van der Waals surface area (Å²) in [5.74, 6) is 0.643. The molecule has 0 spiro atoms. The van der Waals surface area contributed by atoms with Gasteiger partial charge in [-0.2, -0.15) is 0 Å². The normalized spacial score (nSPS) is 11.8. The van der Waals surface area contributed by atoms with Gasteiger partial charge in [-0.1, -0.05) is 127 Å². The summed E-state index contributed by atoms with van der Waals surface area (Å²) in [6.45, 7) is 0. The third kappa shape index (κ3) is 5.80. The lowest BCUT2D eigenvalue weighted by molar-refractivity contribution is 0.995. The van der Waals surface area contributed by atoms with E-state index in [2.05, 4.69) is 197 Å². The van der Waals surface area contributed by atoms with Crippen LogP contribution in [0.1, 0.15) is 0 Å². The monoisotopic (exact) mass is 821 g/mol. The van der Waals surface area contributed by atoms with Crippen molar-refractivity contribution in [3.63, 3.8) is 0 Å². The molecule has 8 aromatic carbocycles. The Morgan fingerprint density at radius 1 is 0.333 bits per heavy atom. The fraction of sp³-hybridized carbons (Fsp3) is 0. The minimum atomic E-state index is 0.643. The van der Waals surface area contributed by atoms with Gasteiger partial charge in [0.15, 0.2) is 0 Å². The van der Waals surface area contributed by atoms with E-state index in [0.717, 1.165) is 66.7 Å². The first kappa shape index (κ1) is 35.6. The van der Waals surface area contributed by atoms with Crippen molar-refractivity contribution in [3.8, 4) is 56.4 Å². The Morgan fingerprint density at radius 3 is 1.52 bits per heavy atom. The molecule has 0 aliphatic heterocycles. The average molecular weight is 822 g/mol. The Labute approximate surface area is 366 Å². The van der Waals surface area contributed by atoms with Crippen LogP contribution in [0, 0.1) is 0 Å². The van der Waals surface area contributed by atoms with Crippen LogP contribution in [0.5, 0.6) is 0 Å². The fourth-order valence-corrected chi connectivity index (χ4v) is 10.5. The predicted molar refractivity (Wildman–Crippen MR) is 263 cm³/mol. The molecule has 0 aliphatic carbocycles. The fourth-order valence-electron chi connectivity index (χ4n) is 9.45. The smallest absolute Gasteiger partial charge is 0.235 e. The van der Waals surface area contributed by atoms with E-state index in [1.165, 1.54) is 47.7 Å². The molecule has 63 heavy (non-hydrogen) atoms. The molecule has 0 aliphatic rings. The van der Waals surface area contributed by atoms with Gasteiger partial charge in [0.25, 0.3) is 0 Å². The largest absolute Gasteiger partial charge is 0.309 e. The summed E-state index contributed by atoms with van der Waals surface area (Å²) in [5.41, 5.74) is 15.2. The summed E-state index contributed by atoms with van der Waals surface area (Å²) >= 11 is 1.80. The molecule has 5 heterocycles. The van der Waals surface area contributed by atoms with Gasteiger partial charge in [-0.05, 0) is 101 Å². The van der Waals surface area contributed by atoms with Gasteiger partial charge in [0.1, 0.15) is 0 Å². The lowest BCUT2D eigenvalue weighted by Gasteiger charge is -2.12. The highest BCUT2D eigenvalue weighted by Gasteiger charge is 2.19. The molecule has 0 N–H and O–H groups in total. The Kier molecular flexibility index (Phi) is 8.01. The number of fused-ring (bicyclic) bond motifs is 9. The number of nitrogens with zero attached hydrogens (tertiary/aromatic N) is 5. The van der Waals surface area contributed by atoms with E-state index < -0.39 is 0 Å². The van der Waals surface area contributed by atoms with Crippen molar-refractivity contribution in [1.29, 1.82) is 0 Å². The molecule has 0 radical (unpaired) electrons. The van der Waals surface area contributed by atoms with E-state index in [9.17, 15) is 0 Å². The minimum Gasteiger partial charge on any atom is -0.309 e. The van der Waals surface area contributed by atoms with Crippen LogP contribution < -0.4 is 0 Å². The molecular weight excluding hydrogens is 787 g/mol. The van der Waals surface area contributed by atoms with Gasteiger partial charge in [0.2, 0.25) is 5.95 Å². The average Bonchev–Trinajstić information content (AvgIpc) is 4.01. The van der Waals surface area contributed by atoms with Gasteiger partial charge in [0, 0.05) is 54.6 Å². The van der Waals surface area contributed by atoms with Crippen LogP contribution in [0.25, 0.3) is 120 Å². The zero-order valence-electron chi connectivity index (χ0n) is 33.9. The molecule has 5 aromatic heterocycles. The van der Waals surface area contributed by atoms with Crippen molar-refractivity contribution in [3.05, 3.63) is 212 Å². The van der Waals surface area contributed by atoms with Gasteiger partial charge < -0.3 is 4.57 Å². The van der Waals surface area contributed by atoms with Crippen LogP contribution in [-0.2, 0) is 0 Å². The quantitative estimate of drug-likeness (QED) is 0.168. The molecule has 0 bridgehead atoms. The second-order valence-electron chi connectivity index (χ2n) is 16.1. The number of hydrogen-bond donors (Lipinski definition) is 0. The number of benzene rings is 8. The maximum Gasteiger partial charge on any atom is 0.235 e. The highest BCUT2D eigenvalue weighted by atomic mass is 32.1. The molecule has 0 atom stereocenters. The third-order valence-electron chi connectivity index (χ3n) is 12.4. The Morgan fingerprint density at radius 2 is 0.857 bits per heavy atom. The van der Waals surface area contributed by atoms with Crippen molar-refractivity contribution in [2.75, 3.05) is 0 Å². The molecule has 0 fully saturated rings. The predicted octanol–water partition coefficient (Wildman–Crippen LogP) is 15.1. The molecule has 6 heteroatoms. The summed E-state index contributed by atoms with van der Waals surface area (Å²) in [6, 6.07) is 73.7. The van der Waals surface area contributed by atoms with Crippen LogP contribution in [0.4, 0.5) is 0 Å². The summed E-state index contributed by atoms with van der Waals surface area (Å²) in [5, 5.41) is 5.95.